The van der Waals surface area contributed by atoms with Gasteiger partial charge in [0, 0.05) is 19.1 Å². The summed E-state index contributed by atoms with van der Waals surface area (Å²) in [4.78, 5) is 2.12. The summed E-state index contributed by atoms with van der Waals surface area (Å²) in [5, 5.41) is 19.3. The van der Waals surface area contributed by atoms with Gasteiger partial charge in [0.15, 0.2) is 11.6 Å². The monoisotopic (exact) mass is 348 g/mol. The van der Waals surface area contributed by atoms with E-state index < -0.39 is 5.60 Å². The van der Waals surface area contributed by atoms with Gasteiger partial charge >= 0.3 is 0 Å². The van der Waals surface area contributed by atoms with Crippen molar-refractivity contribution in [2.24, 2.45) is 0 Å². The van der Waals surface area contributed by atoms with Crippen LogP contribution in [0.15, 0.2) is 30.5 Å². The number of rotatable bonds is 6. The molecule has 1 atom stereocenters. The van der Waals surface area contributed by atoms with Crippen molar-refractivity contribution >= 4 is 0 Å². The Morgan fingerprint density at radius 1 is 1.36 bits per heavy atom. The number of hydrogen-bond donors (Lipinski definition) is 1. The number of piperidine rings is 1. The van der Waals surface area contributed by atoms with Gasteiger partial charge < -0.3 is 9.84 Å². The topological polar surface area (TPSA) is 63.4 Å². The molecule has 0 bridgehead atoms. The number of hydrogen-bond acceptors (Lipinski definition) is 5. The van der Waals surface area contributed by atoms with Crippen LogP contribution < -0.4 is 4.74 Å². The van der Waals surface area contributed by atoms with E-state index in [1.807, 2.05) is 20.0 Å². The van der Waals surface area contributed by atoms with Crippen molar-refractivity contribution in [2.45, 2.75) is 38.3 Å². The molecule has 3 rings (SSSR count). The molecule has 1 aromatic carbocycles. The van der Waals surface area contributed by atoms with E-state index in [1.165, 1.54) is 6.07 Å². The molecule has 2 aromatic rings. The average Bonchev–Trinajstić information content (AvgIpc) is 3.08. The van der Waals surface area contributed by atoms with Gasteiger partial charge in [-0.1, -0.05) is 17.3 Å². The van der Waals surface area contributed by atoms with Crippen molar-refractivity contribution in [3.8, 4) is 5.75 Å². The molecule has 0 saturated carbocycles. The van der Waals surface area contributed by atoms with Crippen molar-refractivity contribution < 1.29 is 14.2 Å². The molecule has 2 heterocycles. The van der Waals surface area contributed by atoms with Gasteiger partial charge in [-0.25, -0.2) is 9.07 Å². The lowest BCUT2D eigenvalue weighted by atomic mass is 9.90. The number of likely N-dealkylation sites (tertiary alicyclic amines) is 1. The van der Waals surface area contributed by atoms with Crippen LogP contribution in [0.4, 0.5) is 4.39 Å². The zero-order chi connectivity index (χ0) is 17.9. The Morgan fingerprint density at radius 3 is 2.88 bits per heavy atom. The van der Waals surface area contributed by atoms with E-state index in [1.54, 1.807) is 22.9 Å². The highest BCUT2D eigenvalue weighted by Gasteiger charge is 2.37. The van der Waals surface area contributed by atoms with Crippen molar-refractivity contribution in [2.75, 3.05) is 26.2 Å². The summed E-state index contributed by atoms with van der Waals surface area (Å²) in [5.41, 5.74) is -0.385. The quantitative estimate of drug-likeness (QED) is 0.868. The van der Waals surface area contributed by atoms with Crippen LogP contribution in [-0.4, -0.2) is 51.2 Å². The molecule has 0 spiro atoms. The molecule has 6 nitrogen and oxygen atoms in total. The van der Waals surface area contributed by atoms with E-state index in [0.717, 1.165) is 13.0 Å². The minimum absolute atomic E-state index is 0.207. The molecule has 1 aromatic heterocycles. The lowest BCUT2D eigenvalue weighted by molar-refractivity contribution is -0.0413. The largest absolute Gasteiger partial charge is 0.489 e. The van der Waals surface area contributed by atoms with Gasteiger partial charge in [0.05, 0.1) is 6.20 Å². The van der Waals surface area contributed by atoms with Crippen LogP contribution in [0.3, 0.4) is 0 Å². The van der Waals surface area contributed by atoms with E-state index in [4.69, 9.17) is 4.74 Å². The normalized spacial score (nSPS) is 21.6. The summed E-state index contributed by atoms with van der Waals surface area (Å²) < 4.78 is 20.8. The molecule has 0 amide bonds. The predicted octanol–water partition coefficient (Wildman–Crippen LogP) is 2.36. The number of para-hydroxylation sites is 1. The first-order valence-electron chi connectivity index (χ1n) is 8.72. The third-order valence-electron chi connectivity index (χ3n) is 4.57. The van der Waals surface area contributed by atoms with Crippen LogP contribution in [0.2, 0.25) is 0 Å². The van der Waals surface area contributed by atoms with Crippen molar-refractivity contribution in [1.29, 1.82) is 0 Å². The minimum Gasteiger partial charge on any atom is -0.489 e. The maximum Gasteiger partial charge on any atom is 0.165 e. The fourth-order valence-electron chi connectivity index (χ4n) is 3.11. The molecule has 136 valence electrons. The highest BCUT2D eigenvalue weighted by molar-refractivity contribution is 5.23. The maximum absolute atomic E-state index is 13.6. The van der Waals surface area contributed by atoms with Crippen molar-refractivity contribution in [3.05, 3.63) is 42.0 Å². The molecule has 1 saturated heterocycles. The third kappa shape index (κ3) is 4.16. The van der Waals surface area contributed by atoms with Crippen LogP contribution in [0.5, 0.6) is 5.75 Å². The molecule has 7 heteroatoms. The fourth-order valence-corrected chi connectivity index (χ4v) is 3.11. The standard InChI is InChI=1S/C18H25FN4O2/c1-14(2)23-12-17(20-21-23)18(24)8-5-9-22(13-18)10-11-25-16-7-4-3-6-15(16)19/h3-4,6-7,12,14,24H,5,8-11,13H2,1-2H3/t18-/m1/s1. The number of aromatic nitrogens is 3. The zero-order valence-corrected chi connectivity index (χ0v) is 14.7. The van der Waals surface area contributed by atoms with Crippen LogP contribution in [0, 0.1) is 5.82 Å². The Labute approximate surface area is 147 Å². The number of halogens is 1. The Kier molecular flexibility index (Phi) is 5.34. The first-order valence-corrected chi connectivity index (χ1v) is 8.72. The molecule has 0 unspecified atom stereocenters. The summed E-state index contributed by atoms with van der Waals surface area (Å²) in [7, 11) is 0. The van der Waals surface area contributed by atoms with Gasteiger partial charge in [-0.3, -0.25) is 4.90 Å². The average molecular weight is 348 g/mol. The Balaban J connectivity index is 1.57. The second-order valence-electron chi connectivity index (χ2n) is 6.87. The van der Waals surface area contributed by atoms with Gasteiger partial charge in [-0.05, 0) is 45.4 Å². The van der Waals surface area contributed by atoms with Crippen LogP contribution >= 0.6 is 0 Å². The van der Waals surface area contributed by atoms with Gasteiger partial charge in [0.25, 0.3) is 0 Å². The van der Waals surface area contributed by atoms with Gasteiger partial charge in [0.2, 0.25) is 0 Å². The molecule has 1 N–H and O–H groups in total. The highest BCUT2D eigenvalue weighted by atomic mass is 19.1. The molecular weight excluding hydrogens is 323 g/mol. The van der Waals surface area contributed by atoms with Gasteiger partial charge in [-0.2, -0.15) is 0 Å². The summed E-state index contributed by atoms with van der Waals surface area (Å²) >= 11 is 0. The smallest absolute Gasteiger partial charge is 0.165 e. The summed E-state index contributed by atoms with van der Waals surface area (Å²) in [6.45, 7) is 6.39. The van der Waals surface area contributed by atoms with E-state index in [-0.39, 0.29) is 17.6 Å². The molecule has 0 aliphatic carbocycles. The van der Waals surface area contributed by atoms with Crippen molar-refractivity contribution in [3.63, 3.8) is 0 Å². The zero-order valence-electron chi connectivity index (χ0n) is 14.7. The second-order valence-corrected chi connectivity index (χ2v) is 6.87. The van der Waals surface area contributed by atoms with Crippen LogP contribution in [0.25, 0.3) is 0 Å². The van der Waals surface area contributed by atoms with E-state index in [2.05, 4.69) is 15.2 Å². The first-order chi connectivity index (χ1) is 12.0. The molecule has 0 radical (unpaired) electrons. The Bertz CT molecular complexity index is 706. The molecule has 1 aliphatic heterocycles. The van der Waals surface area contributed by atoms with E-state index >= 15 is 0 Å². The van der Waals surface area contributed by atoms with Crippen molar-refractivity contribution in [1.82, 2.24) is 19.9 Å². The first kappa shape index (κ1) is 17.8. The van der Waals surface area contributed by atoms with Crippen LogP contribution in [-0.2, 0) is 5.60 Å². The van der Waals surface area contributed by atoms with Gasteiger partial charge in [0.1, 0.15) is 17.9 Å². The predicted molar refractivity (Wildman–Crippen MR) is 91.9 cm³/mol. The highest BCUT2D eigenvalue weighted by Crippen LogP contribution is 2.30. The molecule has 1 fully saturated rings. The maximum atomic E-state index is 13.6. The molecule has 1 aliphatic rings. The fraction of sp³-hybridized carbons (Fsp3) is 0.556. The summed E-state index contributed by atoms with van der Waals surface area (Å²) in [5.74, 6) is -0.0994. The van der Waals surface area contributed by atoms with E-state index in [9.17, 15) is 9.50 Å². The third-order valence-corrected chi connectivity index (χ3v) is 4.57. The van der Waals surface area contributed by atoms with E-state index in [0.29, 0.717) is 31.8 Å². The lowest BCUT2D eigenvalue weighted by Crippen LogP contribution is -2.47. The number of aliphatic hydroxyl groups is 1. The lowest BCUT2D eigenvalue weighted by Gasteiger charge is -2.37. The SMILES string of the molecule is CC(C)n1cc([C@@]2(O)CCCN(CCOc3ccccc3F)C2)nn1. The summed E-state index contributed by atoms with van der Waals surface area (Å²) in [6, 6.07) is 6.59. The number of benzene rings is 1. The minimum atomic E-state index is -0.997. The number of β-amino-alcohol motifs (C(OH)–C–C–N with tert-alkyl or cyclic N) is 1. The molecular formula is C18H25FN4O2. The number of nitrogens with zero attached hydrogens (tertiary/aromatic N) is 4. The van der Waals surface area contributed by atoms with Crippen LogP contribution in [0.1, 0.15) is 38.4 Å². The Hall–Kier alpha value is -1.99. The van der Waals surface area contributed by atoms with Gasteiger partial charge in [-0.15, -0.1) is 5.10 Å². The Morgan fingerprint density at radius 2 is 2.16 bits per heavy atom. The molecule has 25 heavy (non-hydrogen) atoms. The number of ether oxygens (including phenoxy) is 1. The summed E-state index contributed by atoms with van der Waals surface area (Å²) in [6.07, 6.45) is 3.35. The second kappa shape index (κ2) is 7.49.